The van der Waals surface area contributed by atoms with Crippen LogP contribution in [-0.4, -0.2) is 23.3 Å². The molecule has 0 amide bonds. The lowest BCUT2D eigenvalue weighted by atomic mass is 9.89. The first-order valence-corrected chi connectivity index (χ1v) is 7.47. The molecule has 1 aromatic rings. The van der Waals surface area contributed by atoms with Gasteiger partial charge in [0.05, 0.1) is 0 Å². The van der Waals surface area contributed by atoms with Gasteiger partial charge in [-0.1, -0.05) is 0 Å². The Morgan fingerprint density at radius 1 is 1.41 bits per heavy atom. The van der Waals surface area contributed by atoms with Gasteiger partial charge in [0.1, 0.15) is 5.78 Å². The molecule has 0 spiro atoms. The molecule has 2 aliphatic rings. The zero-order valence-electron chi connectivity index (χ0n) is 10.3. The van der Waals surface area contributed by atoms with Gasteiger partial charge in [-0.25, -0.2) is 0 Å². The zero-order valence-corrected chi connectivity index (χ0v) is 11.1. The maximum Gasteiger partial charge on any atom is 0.134 e. The number of carbonyl (C=O) groups excluding carboxylic acids is 1. The molecule has 1 aliphatic heterocycles. The molecule has 0 saturated heterocycles. The van der Waals surface area contributed by atoms with Crippen LogP contribution in [0.25, 0.3) is 0 Å². The van der Waals surface area contributed by atoms with Crippen LogP contribution in [0.5, 0.6) is 0 Å². The molecule has 1 aromatic heterocycles. The van der Waals surface area contributed by atoms with Crippen LogP contribution in [0.2, 0.25) is 0 Å². The molecule has 3 heteroatoms. The monoisotopic (exact) mass is 249 g/mol. The smallest absolute Gasteiger partial charge is 0.134 e. The number of fused-ring (bicyclic) bond motifs is 1. The van der Waals surface area contributed by atoms with E-state index in [1.165, 1.54) is 18.4 Å². The third kappa shape index (κ3) is 2.06. The second kappa shape index (κ2) is 4.54. The largest absolute Gasteiger partial charge is 0.300 e. The van der Waals surface area contributed by atoms with Crippen LogP contribution in [0.1, 0.15) is 49.1 Å². The van der Waals surface area contributed by atoms with Gasteiger partial charge in [0.2, 0.25) is 0 Å². The lowest BCUT2D eigenvalue weighted by molar-refractivity contribution is -0.122. The standard InChI is InChI=1S/C14H19NOS/c1-10-13-6-8-17-14(13)5-7-15(10)11-3-2-4-12(16)9-11/h6,8,10-11H,2-5,7,9H2,1H3. The summed E-state index contributed by atoms with van der Waals surface area (Å²) in [5, 5.41) is 2.21. The molecule has 1 fully saturated rings. The summed E-state index contributed by atoms with van der Waals surface area (Å²) in [6.07, 6.45) is 5.05. The van der Waals surface area contributed by atoms with Crippen molar-refractivity contribution >= 4 is 17.1 Å². The van der Waals surface area contributed by atoms with Gasteiger partial charge >= 0.3 is 0 Å². The Morgan fingerprint density at radius 3 is 3.12 bits per heavy atom. The molecule has 0 bridgehead atoms. The van der Waals surface area contributed by atoms with Crippen molar-refractivity contribution in [3.05, 3.63) is 21.9 Å². The van der Waals surface area contributed by atoms with Crippen molar-refractivity contribution in [2.45, 2.75) is 51.1 Å². The molecule has 1 saturated carbocycles. The van der Waals surface area contributed by atoms with Crippen LogP contribution in [0.3, 0.4) is 0 Å². The summed E-state index contributed by atoms with van der Waals surface area (Å²) >= 11 is 1.88. The molecule has 0 aromatic carbocycles. The van der Waals surface area contributed by atoms with Gasteiger partial charge in [0, 0.05) is 36.3 Å². The second-order valence-corrected chi connectivity index (χ2v) is 6.25. The lowest BCUT2D eigenvalue weighted by Crippen LogP contribution is -2.43. The number of hydrogen-bond donors (Lipinski definition) is 0. The van der Waals surface area contributed by atoms with Crippen LogP contribution >= 0.6 is 11.3 Å². The van der Waals surface area contributed by atoms with E-state index in [1.807, 2.05) is 11.3 Å². The van der Waals surface area contributed by atoms with Crippen molar-refractivity contribution in [2.24, 2.45) is 0 Å². The topological polar surface area (TPSA) is 20.3 Å². The lowest BCUT2D eigenvalue weighted by Gasteiger charge is -2.41. The summed E-state index contributed by atoms with van der Waals surface area (Å²) in [4.78, 5) is 15.7. The van der Waals surface area contributed by atoms with E-state index in [4.69, 9.17) is 0 Å². The fourth-order valence-corrected chi connectivity index (χ4v) is 4.28. The Bertz CT molecular complexity index is 426. The number of hydrogen-bond acceptors (Lipinski definition) is 3. The highest BCUT2D eigenvalue weighted by molar-refractivity contribution is 7.10. The Labute approximate surface area is 107 Å². The Kier molecular flexibility index (Phi) is 3.05. The average Bonchev–Trinajstić information content (AvgIpc) is 2.78. The molecule has 0 N–H and O–H groups in total. The minimum atomic E-state index is 0.463. The minimum Gasteiger partial charge on any atom is -0.300 e. The van der Waals surface area contributed by atoms with Gasteiger partial charge < -0.3 is 0 Å². The normalized spacial score (nSPS) is 30.3. The average molecular weight is 249 g/mol. The number of thiophene rings is 1. The van der Waals surface area contributed by atoms with Crippen LogP contribution in [0.4, 0.5) is 0 Å². The zero-order chi connectivity index (χ0) is 11.8. The highest BCUT2D eigenvalue weighted by Gasteiger charge is 2.32. The predicted molar refractivity (Wildman–Crippen MR) is 70.4 cm³/mol. The van der Waals surface area contributed by atoms with Crippen molar-refractivity contribution in [1.82, 2.24) is 4.90 Å². The van der Waals surface area contributed by atoms with Crippen LogP contribution in [-0.2, 0) is 11.2 Å². The summed E-state index contributed by atoms with van der Waals surface area (Å²) in [5.41, 5.74) is 1.50. The van der Waals surface area contributed by atoms with Gasteiger partial charge in [-0.2, -0.15) is 0 Å². The van der Waals surface area contributed by atoms with Gasteiger partial charge in [-0.15, -0.1) is 11.3 Å². The van der Waals surface area contributed by atoms with Crippen molar-refractivity contribution in [3.63, 3.8) is 0 Å². The summed E-state index contributed by atoms with van der Waals surface area (Å²) < 4.78 is 0. The van der Waals surface area contributed by atoms with E-state index in [-0.39, 0.29) is 0 Å². The molecule has 0 radical (unpaired) electrons. The Morgan fingerprint density at radius 2 is 2.29 bits per heavy atom. The maximum absolute atomic E-state index is 11.6. The van der Waals surface area contributed by atoms with E-state index < -0.39 is 0 Å². The van der Waals surface area contributed by atoms with E-state index in [0.717, 1.165) is 25.8 Å². The molecule has 2 unspecified atom stereocenters. The van der Waals surface area contributed by atoms with Gasteiger partial charge in [0.15, 0.2) is 0 Å². The van der Waals surface area contributed by atoms with E-state index in [2.05, 4.69) is 23.3 Å². The first-order chi connectivity index (χ1) is 8.25. The number of ketones is 1. The first-order valence-electron chi connectivity index (χ1n) is 6.59. The fourth-order valence-electron chi connectivity index (χ4n) is 3.31. The molecule has 2 heterocycles. The third-order valence-corrected chi connectivity index (χ3v) is 5.25. The van der Waals surface area contributed by atoms with Crippen molar-refractivity contribution in [2.75, 3.05) is 6.54 Å². The number of nitrogens with zero attached hydrogens (tertiary/aromatic N) is 1. The fraction of sp³-hybridized carbons (Fsp3) is 0.643. The molecular formula is C14H19NOS. The molecular weight excluding hydrogens is 230 g/mol. The van der Waals surface area contributed by atoms with E-state index in [0.29, 0.717) is 17.9 Å². The SMILES string of the molecule is CC1c2ccsc2CCN1C1CCCC(=O)C1. The summed E-state index contributed by atoms with van der Waals surface area (Å²) in [7, 11) is 0. The highest BCUT2D eigenvalue weighted by Crippen LogP contribution is 2.36. The van der Waals surface area contributed by atoms with Gasteiger partial charge in [0.25, 0.3) is 0 Å². The number of Topliss-reactive ketones (excluding diaryl/α,β-unsaturated/α-hetero) is 1. The minimum absolute atomic E-state index is 0.463. The van der Waals surface area contributed by atoms with E-state index >= 15 is 0 Å². The van der Waals surface area contributed by atoms with Crippen LogP contribution in [0.15, 0.2) is 11.4 Å². The summed E-state index contributed by atoms with van der Waals surface area (Å²) in [6.45, 7) is 3.43. The van der Waals surface area contributed by atoms with Crippen molar-refractivity contribution in [3.8, 4) is 0 Å². The van der Waals surface area contributed by atoms with Gasteiger partial charge in [-0.05, 0) is 43.2 Å². The van der Waals surface area contributed by atoms with Crippen molar-refractivity contribution in [1.29, 1.82) is 0 Å². The molecule has 2 atom stereocenters. The quantitative estimate of drug-likeness (QED) is 0.762. The second-order valence-electron chi connectivity index (χ2n) is 5.25. The highest BCUT2D eigenvalue weighted by atomic mass is 32.1. The Balaban J connectivity index is 1.79. The summed E-state index contributed by atoms with van der Waals surface area (Å²) in [5.74, 6) is 0.463. The van der Waals surface area contributed by atoms with Crippen LogP contribution < -0.4 is 0 Å². The molecule has 92 valence electrons. The molecule has 3 rings (SSSR count). The first kappa shape index (κ1) is 11.4. The van der Waals surface area contributed by atoms with Crippen molar-refractivity contribution < 1.29 is 4.79 Å². The van der Waals surface area contributed by atoms with Crippen LogP contribution in [0, 0.1) is 0 Å². The number of carbonyl (C=O) groups is 1. The van der Waals surface area contributed by atoms with Gasteiger partial charge in [-0.3, -0.25) is 9.69 Å². The van der Waals surface area contributed by atoms with E-state index in [9.17, 15) is 4.79 Å². The number of rotatable bonds is 1. The molecule has 2 nitrogen and oxygen atoms in total. The molecule has 17 heavy (non-hydrogen) atoms. The maximum atomic E-state index is 11.6. The summed E-state index contributed by atoms with van der Waals surface area (Å²) in [6, 6.07) is 3.27. The van der Waals surface area contributed by atoms with E-state index in [1.54, 1.807) is 4.88 Å². The molecule has 1 aliphatic carbocycles. The third-order valence-electron chi connectivity index (χ3n) is 4.25. The Hall–Kier alpha value is -0.670. The predicted octanol–water partition coefficient (Wildman–Crippen LogP) is 3.18.